The third-order valence-electron chi connectivity index (χ3n) is 4.07. The van der Waals surface area contributed by atoms with E-state index in [0.29, 0.717) is 6.54 Å². The molecule has 0 spiro atoms. The molecule has 18 heavy (non-hydrogen) atoms. The topological polar surface area (TPSA) is 38.3 Å². The van der Waals surface area contributed by atoms with Gasteiger partial charge < -0.3 is 10.1 Å². The standard InChI is InChI=1S/C15H21NO2/c1-11-5-6-13(9-12(11)2)16-10-15(7-4-8-15)14(17)18-3/h5-6,9,16H,4,7-8,10H2,1-3H3. The van der Waals surface area contributed by atoms with Crippen LogP contribution in [0.1, 0.15) is 30.4 Å². The van der Waals surface area contributed by atoms with Gasteiger partial charge in [0.1, 0.15) is 0 Å². The first-order valence-electron chi connectivity index (χ1n) is 6.47. The fourth-order valence-corrected chi connectivity index (χ4v) is 2.40. The van der Waals surface area contributed by atoms with Crippen LogP contribution < -0.4 is 5.32 Å². The number of carbonyl (C=O) groups excluding carboxylic acids is 1. The summed E-state index contributed by atoms with van der Waals surface area (Å²) in [4.78, 5) is 11.8. The third-order valence-corrected chi connectivity index (χ3v) is 4.07. The van der Waals surface area contributed by atoms with Gasteiger partial charge >= 0.3 is 5.97 Å². The third kappa shape index (κ3) is 2.35. The van der Waals surface area contributed by atoms with E-state index in [1.165, 1.54) is 18.2 Å². The van der Waals surface area contributed by atoms with Gasteiger partial charge in [-0.25, -0.2) is 0 Å². The molecule has 1 fully saturated rings. The van der Waals surface area contributed by atoms with E-state index in [0.717, 1.165) is 24.9 Å². The van der Waals surface area contributed by atoms with E-state index in [1.54, 1.807) is 0 Å². The minimum atomic E-state index is -0.298. The molecule has 0 radical (unpaired) electrons. The molecule has 0 aliphatic heterocycles. The molecule has 0 aromatic heterocycles. The lowest BCUT2D eigenvalue weighted by atomic mass is 9.68. The minimum absolute atomic E-state index is 0.0786. The van der Waals surface area contributed by atoms with Gasteiger partial charge in [0.2, 0.25) is 0 Å². The number of carbonyl (C=O) groups is 1. The number of aryl methyl sites for hydroxylation is 2. The van der Waals surface area contributed by atoms with Gasteiger partial charge in [0.25, 0.3) is 0 Å². The molecule has 1 aromatic rings. The number of anilines is 1. The van der Waals surface area contributed by atoms with Crippen LogP contribution in [0.2, 0.25) is 0 Å². The lowest BCUT2D eigenvalue weighted by molar-refractivity contribution is -0.157. The molecule has 98 valence electrons. The molecule has 3 nitrogen and oxygen atoms in total. The Balaban J connectivity index is 2.02. The van der Waals surface area contributed by atoms with Crippen molar-refractivity contribution in [1.29, 1.82) is 0 Å². The summed E-state index contributed by atoms with van der Waals surface area (Å²) in [5, 5.41) is 3.37. The van der Waals surface area contributed by atoms with Crippen molar-refractivity contribution >= 4 is 11.7 Å². The van der Waals surface area contributed by atoms with Crippen molar-refractivity contribution in [2.24, 2.45) is 5.41 Å². The van der Waals surface area contributed by atoms with E-state index in [-0.39, 0.29) is 11.4 Å². The predicted octanol–water partition coefficient (Wildman–Crippen LogP) is 3.06. The number of nitrogens with one attached hydrogen (secondary N) is 1. The molecular formula is C15H21NO2. The molecule has 2 rings (SSSR count). The maximum absolute atomic E-state index is 11.8. The highest BCUT2D eigenvalue weighted by atomic mass is 16.5. The lowest BCUT2D eigenvalue weighted by Gasteiger charge is -2.39. The second-order valence-corrected chi connectivity index (χ2v) is 5.28. The normalized spacial score (nSPS) is 16.8. The number of hydrogen-bond acceptors (Lipinski definition) is 3. The molecule has 0 bridgehead atoms. The fourth-order valence-electron chi connectivity index (χ4n) is 2.40. The van der Waals surface area contributed by atoms with Crippen molar-refractivity contribution < 1.29 is 9.53 Å². The summed E-state index contributed by atoms with van der Waals surface area (Å²) in [5.74, 6) is -0.0786. The molecule has 1 aromatic carbocycles. The summed E-state index contributed by atoms with van der Waals surface area (Å²) in [6.07, 6.45) is 2.97. The zero-order chi connectivity index (χ0) is 13.2. The first-order valence-corrected chi connectivity index (χ1v) is 6.47. The molecule has 0 saturated heterocycles. The second kappa shape index (κ2) is 5.01. The van der Waals surface area contributed by atoms with Gasteiger partial charge in [-0.1, -0.05) is 12.5 Å². The zero-order valence-electron chi connectivity index (χ0n) is 11.4. The Kier molecular flexibility index (Phi) is 3.60. The van der Waals surface area contributed by atoms with E-state index in [4.69, 9.17) is 4.74 Å². The maximum atomic E-state index is 11.8. The molecule has 0 atom stereocenters. The van der Waals surface area contributed by atoms with Gasteiger partial charge in [0, 0.05) is 12.2 Å². The number of rotatable bonds is 4. The van der Waals surface area contributed by atoms with Crippen LogP contribution >= 0.6 is 0 Å². The van der Waals surface area contributed by atoms with Crippen LogP contribution in [0.3, 0.4) is 0 Å². The first-order chi connectivity index (χ1) is 8.57. The number of methoxy groups -OCH3 is 1. The van der Waals surface area contributed by atoms with Crippen LogP contribution in [0.4, 0.5) is 5.69 Å². The van der Waals surface area contributed by atoms with Gasteiger partial charge in [-0.2, -0.15) is 0 Å². The number of ether oxygens (including phenoxy) is 1. The van der Waals surface area contributed by atoms with E-state index in [9.17, 15) is 4.79 Å². The monoisotopic (exact) mass is 247 g/mol. The SMILES string of the molecule is COC(=O)C1(CNc2ccc(C)c(C)c2)CCC1. The molecule has 1 aliphatic carbocycles. The van der Waals surface area contributed by atoms with Crippen LogP contribution in [0.15, 0.2) is 18.2 Å². The average Bonchev–Trinajstić information content (AvgIpc) is 2.31. The van der Waals surface area contributed by atoms with Crippen molar-refractivity contribution in [3.63, 3.8) is 0 Å². The average molecular weight is 247 g/mol. The van der Waals surface area contributed by atoms with Gasteiger partial charge in [0.15, 0.2) is 0 Å². The molecule has 1 saturated carbocycles. The highest BCUT2D eigenvalue weighted by Crippen LogP contribution is 2.42. The Morgan fingerprint density at radius 3 is 2.56 bits per heavy atom. The minimum Gasteiger partial charge on any atom is -0.469 e. The molecular weight excluding hydrogens is 226 g/mol. The Morgan fingerprint density at radius 1 is 1.33 bits per heavy atom. The van der Waals surface area contributed by atoms with Crippen molar-refractivity contribution in [2.75, 3.05) is 19.0 Å². The van der Waals surface area contributed by atoms with Crippen molar-refractivity contribution in [3.8, 4) is 0 Å². The van der Waals surface area contributed by atoms with Crippen molar-refractivity contribution in [3.05, 3.63) is 29.3 Å². The summed E-state index contributed by atoms with van der Waals surface area (Å²) in [7, 11) is 1.47. The van der Waals surface area contributed by atoms with Gasteiger partial charge in [-0.15, -0.1) is 0 Å². The van der Waals surface area contributed by atoms with Crippen LogP contribution in [0, 0.1) is 19.3 Å². The summed E-state index contributed by atoms with van der Waals surface area (Å²) < 4.78 is 4.91. The van der Waals surface area contributed by atoms with Crippen LogP contribution in [0.25, 0.3) is 0 Å². The molecule has 0 unspecified atom stereocenters. The Bertz CT molecular complexity index is 450. The van der Waals surface area contributed by atoms with Crippen molar-refractivity contribution in [2.45, 2.75) is 33.1 Å². The molecule has 0 amide bonds. The molecule has 1 N–H and O–H groups in total. The Morgan fingerprint density at radius 2 is 2.06 bits per heavy atom. The second-order valence-electron chi connectivity index (χ2n) is 5.28. The Labute approximate surface area is 109 Å². The highest BCUT2D eigenvalue weighted by molar-refractivity contribution is 5.78. The van der Waals surface area contributed by atoms with E-state index in [2.05, 4.69) is 37.4 Å². The van der Waals surface area contributed by atoms with Crippen LogP contribution in [0.5, 0.6) is 0 Å². The largest absolute Gasteiger partial charge is 0.469 e. The molecule has 0 heterocycles. The molecule has 1 aliphatic rings. The fraction of sp³-hybridized carbons (Fsp3) is 0.533. The first kappa shape index (κ1) is 12.9. The predicted molar refractivity (Wildman–Crippen MR) is 72.7 cm³/mol. The van der Waals surface area contributed by atoms with E-state index < -0.39 is 0 Å². The lowest BCUT2D eigenvalue weighted by Crippen LogP contribution is -2.44. The van der Waals surface area contributed by atoms with E-state index in [1.807, 2.05) is 0 Å². The smallest absolute Gasteiger partial charge is 0.313 e. The number of hydrogen-bond donors (Lipinski definition) is 1. The van der Waals surface area contributed by atoms with Gasteiger partial charge in [-0.3, -0.25) is 4.79 Å². The maximum Gasteiger partial charge on any atom is 0.313 e. The number of esters is 1. The van der Waals surface area contributed by atoms with Gasteiger partial charge in [-0.05, 0) is 49.9 Å². The van der Waals surface area contributed by atoms with Crippen LogP contribution in [-0.2, 0) is 9.53 Å². The number of benzene rings is 1. The summed E-state index contributed by atoms with van der Waals surface area (Å²) in [6, 6.07) is 6.29. The summed E-state index contributed by atoms with van der Waals surface area (Å²) in [5.41, 5.74) is 3.33. The van der Waals surface area contributed by atoms with Crippen LogP contribution in [-0.4, -0.2) is 19.6 Å². The zero-order valence-corrected chi connectivity index (χ0v) is 11.4. The van der Waals surface area contributed by atoms with Gasteiger partial charge in [0.05, 0.1) is 12.5 Å². The molecule has 3 heteroatoms. The summed E-state index contributed by atoms with van der Waals surface area (Å²) in [6.45, 7) is 4.86. The highest BCUT2D eigenvalue weighted by Gasteiger charge is 2.45. The van der Waals surface area contributed by atoms with E-state index >= 15 is 0 Å². The quantitative estimate of drug-likeness (QED) is 0.831. The Hall–Kier alpha value is -1.51. The van der Waals surface area contributed by atoms with Crippen molar-refractivity contribution in [1.82, 2.24) is 0 Å². The summed E-state index contributed by atoms with van der Waals surface area (Å²) >= 11 is 0.